The molecule has 0 aliphatic rings. The molecule has 0 bridgehead atoms. The summed E-state index contributed by atoms with van der Waals surface area (Å²) in [6.45, 7) is 13.2. The summed E-state index contributed by atoms with van der Waals surface area (Å²) in [5, 5.41) is 0. The molecule has 0 atom stereocenters. The van der Waals surface area contributed by atoms with Crippen molar-refractivity contribution in [1.82, 2.24) is 0 Å². The molecule has 0 fully saturated rings. The first kappa shape index (κ1) is 24.7. The topological polar surface area (TPSA) is 73.8 Å². The van der Waals surface area contributed by atoms with Crippen LogP contribution in [0.2, 0.25) is 0 Å². The van der Waals surface area contributed by atoms with Gasteiger partial charge in [-0.2, -0.15) is 0 Å². The number of hydrogen-bond donors (Lipinski definition) is 0. The zero-order chi connectivity index (χ0) is 19.0. The molecule has 0 aromatic heterocycles. The summed E-state index contributed by atoms with van der Waals surface area (Å²) in [6, 6.07) is 0. The Kier molecular flexibility index (Phi) is 14.6. The van der Waals surface area contributed by atoms with E-state index in [-0.39, 0.29) is 19.8 Å². The van der Waals surface area contributed by atoms with Crippen LogP contribution in [0.5, 0.6) is 0 Å². The lowest BCUT2D eigenvalue weighted by Gasteiger charge is -2.35. The third-order valence-electron chi connectivity index (χ3n) is 2.66. The van der Waals surface area contributed by atoms with Gasteiger partial charge in [0.1, 0.15) is 0 Å². The normalized spacial score (nSPS) is 12.7. The van der Waals surface area contributed by atoms with Crippen LogP contribution < -0.4 is 0 Å². The summed E-state index contributed by atoms with van der Waals surface area (Å²) in [5.74, 6) is 0. The summed E-state index contributed by atoms with van der Waals surface area (Å²) < 4.78 is 33.3. The molecule has 25 heavy (non-hydrogen) atoms. The molecule has 0 spiro atoms. The molecule has 0 saturated heterocycles. The lowest BCUT2D eigenvalue weighted by molar-refractivity contribution is -0.673. The molecule has 0 aromatic rings. The minimum atomic E-state index is -1.82. The van der Waals surface area contributed by atoms with Crippen molar-refractivity contribution >= 4 is 0 Å². The van der Waals surface area contributed by atoms with Crippen LogP contribution >= 0.6 is 0 Å². The average molecular weight is 368 g/mol. The van der Waals surface area contributed by atoms with E-state index in [1.54, 1.807) is 20.8 Å². The highest BCUT2D eigenvalue weighted by Crippen LogP contribution is 2.26. The molecule has 0 aliphatic heterocycles. The lowest BCUT2D eigenvalue weighted by Crippen LogP contribution is -2.49. The second-order valence-electron chi connectivity index (χ2n) is 5.01. The van der Waals surface area contributed by atoms with Gasteiger partial charge in [0.05, 0.1) is 39.6 Å². The predicted octanol–water partition coefficient (Wildman–Crippen LogP) is 3.55. The lowest BCUT2D eigenvalue weighted by atomic mass is 10.5. The first-order chi connectivity index (χ1) is 12.1. The quantitative estimate of drug-likeness (QED) is 0.207. The van der Waals surface area contributed by atoms with E-state index in [1.807, 2.05) is 20.8 Å². The van der Waals surface area contributed by atoms with Crippen molar-refractivity contribution < 1.29 is 38.2 Å². The number of hydrogen-bond acceptors (Lipinski definition) is 8. The van der Waals surface area contributed by atoms with Gasteiger partial charge < -0.3 is 28.4 Å². The highest BCUT2D eigenvalue weighted by Gasteiger charge is 2.44. The van der Waals surface area contributed by atoms with Crippen LogP contribution in [-0.4, -0.2) is 52.0 Å². The van der Waals surface area contributed by atoms with E-state index < -0.39 is 12.3 Å². The first-order valence-electron chi connectivity index (χ1n) is 9.27. The van der Waals surface area contributed by atoms with E-state index in [4.69, 9.17) is 38.2 Å². The van der Waals surface area contributed by atoms with Gasteiger partial charge in [-0.1, -0.05) is 20.8 Å². The molecule has 0 radical (unpaired) electrons. The molecule has 0 N–H and O–H groups in total. The summed E-state index contributed by atoms with van der Waals surface area (Å²) in [4.78, 5) is 10.8. The van der Waals surface area contributed by atoms with Gasteiger partial charge in [-0.25, -0.2) is 0 Å². The van der Waals surface area contributed by atoms with Crippen molar-refractivity contribution in [3.8, 4) is 0 Å². The fourth-order valence-electron chi connectivity index (χ4n) is 1.71. The zero-order valence-corrected chi connectivity index (χ0v) is 16.6. The Hall–Kier alpha value is -0.320. The van der Waals surface area contributed by atoms with Crippen molar-refractivity contribution in [2.75, 3.05) is 39.6 Å². The van der Waals surface area contributed by atoms with E-state index in [0.717, 1.165) is 19.3 Å². The second-order valence-corrected chi connectivity index (χ2v) is 5.01. The van der Waals surface area contributed by atoms with Gasteiger partial charge in [-0.15, -0.1) is 9.78 Å². The largest absolute Gasteiger partial charge is 0.439 e. The SMILES string of the molecule is CCCOC(OCCC)(OCCC)OOC(OCC)(OCC)OCC. The summed E-state index contributed by atoms with van der Waals surface area (Å²) in [7, 11) is 0. The fourth-order valence-corrected chi connectivity index (χ4v) is 1.71. The molecule has 0 heterocycles. The Morgan fingerprint density at radius 2 is 0.720 bits per heavy atom. The minimum absolute atomic E-state index is 0.289. The zero-order valence-electron chi connectivity index (χ0n) is 16.6. The van der Waals surface area contributed by atoms with Crippen LogP contribution in [-0.2, 0) is 38.2 Å². The highest BCUT2D eigenvalue weighted by molar-refractivity contribution is 4.44. The van der Waals surface area contributed by atoms with Crippen LogP contribution in [0.15, 0.2) is 0 Å². The van der Waals surface area contributed by atoms with E-state index in [0.29, 0.717) is 19.8 Å². The minimum Gasteiger partial charge on any atom is -0.302 e. The monoisotopic (exact) mass is 368 g/mol. The third-order valence-corrected chi connectivity index (χ3v) is 2.66. The van der Waals surface area contributed by atoms with E-state index in [1.165, 1.54) is 0 Å². The molecule has 0 aliphatic carbocycles. The highest BCUT2D eigenvalue weighted by atomic mass is 17.4. The van der Waals surface area contributed by atoms with Gasteiger partial charge >= 0.3 is 12.3 Å². The van der Waals surface area contributed by atoms with Crippen molar-refractivity contribution in [1.29, 1.82) is 0 Å². The summed E-state index contributed by atoms with van der Waals surface area (Å²) in [6.07, 6.45) is -1.36. The molecule has 0 amide bonds. The molecular weight excluding hydrogens is 332 g/mol. The van der Waals surface area contributed by atoms with Crippen LogP contribution in [0.1, 0.15) is 60.8 Å². The molecule has 8 heteroatoms. The fraction of sp³-hybridized carbons (Fsp3) is 1.00. The summed E-state index contributed by atoms with van der Waals surface area (Å²) in [5.41, 5.74) is 0. The van der Waals surface area contributed by atoms with E-state index >= 15 is 0 Å². The van der Waals surface area contributed by atoms with Gasteiger partial charge in [0.15, 0.2) is 0 Å². The van der Waals surface area contributed by atoms with Crippen LogP contribution in [0.4, 0.5) is 0 Å². The molecule has 8 nitrogen and oxygen atoms in total. The van der Waals surface area contributed by atoms with Crippen molar-refractivity contribution in [3.05, 3.63) is 0 Å². The standard InChI is InChI=1S/C17H36O8/c1-7-13-21-17(22-14-8-2,23-15-9-3)25-24-16(18-10-4,19-11-5)20-12-6/h7-15H2,1-6H3. The van der Waals surface area contributed by atoms with Crippen LogP contribution in [0, 0.1) is 0 Å². The molecule has 0 saturated carbocycles. The van der Waals surface area contributed by atoms with E-state index in [9.17, 15) is 0 Å². The van der Waals surface area contributed by atoms with Gasteiger partial charge in [0, 0.05) is 0 Å². The molecule has 0 unspecified atom stereocenters. The Balaban J connectivity index is 5.23. The van der Waals surface area contributed by atoms with Gasteiger partial charge in [0.2, 0.25) is 0 Å². The van der Waals surface area contributed by atoms with Crippen LogP contribution in [0.25, 0.3) is 0 Å². The number of rotatable bonds is 18. The van der Waals surface area contributed by atoms with Gasteiger partial charge in [0.25, 0.3) is 0 Å². The van der Waals surface area contributed by atoms with Gasteiger partial charge in [-0.3, -0.25) is 0 Å². The Morgan fingerprint density at radius 1 is 0.440 bits per heavy atom. The second kappa shape index (κ2) is 14.8. The summed E-state index contributed by atoms with van der Waals surface area (Å²) >= 11 is 0. The maximum atomic E-state index is 5.65. The first-order valence-corrected chi connectivity index (χ1v) is 9.27. The average Bonchev–Trinajstić information content (AvgIpc) is 2.61. The van der Waals surface area contributed by atoms with Crippen molar-refractivity contribution in [2.24, 2.45) is 0 Å². The molecular formula is C17H36O8. The smallest absolute Gasteiger partial charge is 0.302 e. The maximum absolute atomic E-state index is 5.65. The number of ether oxygens (including phenoxy) is 6. The molecule has 0 rings (SSSR count). The maximum Gasteiger partial charge on any atom is 0.439 e. The molecule has 152 valence electrons. The Morgan fingerprint density at radius 3 is 0.960 bits per heavy atom. The predicted molar refractivity (Wildman–Crippen MR) is 91.2 cm³/mol. The van der Waals surface area contributed by atoms with Crippen LogP contribution in [0.3, 0.4) is 0 Å². The van der Waals surface area contributed by atoms with Crippen molar-refractivity contribution in [3.63, 3.8) is 0 Å². The Bertz CT molecular complexity index is 262. The third kappa shape index (κ3) is 9.81. The van der Waals surface area contributed by atoms with E-state index in [2.05, 4.69) is 0 Å². The van der Waals surface area contributed by atoms with Crippen molar-refractivity contribution in [2.45, 2.75) is 73.1 Å². The Labute approximate surface area is 151 Å². The molecule has 0 aromatic carbocycles. The van der Waals surface area contributed by atoms with Gasteiger partial charge in [-0.05, 0) is 40.0 Å².